The maximum absolute atomic E-state index is 11.1. The zero-order valence-corrected chi connectivity index (χ0v) is 11.9. The Kier molecular flexibility index (Phi) is 4.44. The molecule has 1 aliphatic rings. The minimum Gasteiger partial charge on any atom is -0.480 e. The molecule has 3 rings (SSSR count). The molecule has 1 aromatic heterocycles. The van der Waals surface area contributed by atoms with Crippen LogP contribution in [-0.2, 0) is 4.79 Å². The number of carbonyl (C=O) groups is 1. The Balaban J connectivity index is 1.73. The normalized spacial score (nSPS) is 19.7. The second-order valence-corrected chi connectivity index (χ2v) is 4.65. The van der Waals surface area contributed by atoms with E-state index in [0.29, 0.717) is 11.4 Å². The van der Waals surface area contributed by atoms with Crippen LogP contribution < -0.4 is 21.1 Å². The molecule has 23 heavy (non-hydrogen) atoms. The topological polar surface area (TPSA) is 108 Å². The number of ether oxygens (including phenoxy) is 1. The third-order valence-corrected chi connectivity index (χ3v) is 3.02. The summed E-state index contributed by atoms with van der Waals surface area (Å²) in [6, 6.07) is 9.68. The van der Waals surface area contributed by atoms with Crippen LogP contribution in [0.5, 0.6) is 5.75 Å². The smallest absolute Gasteiger partial charge is 0.327 e. The SMILES string of the molecule is O=C(O)C1NNNC1Oc1cccc(C#Cc2cccnn2)c1. The molecule has 116 valence electrons. The van der Waals surface area contributed by atoms with E-state index < -0.39 is 18.2 Å². The second kappa shape index (κ2) is 6.85. The minimum atomic E-state index is -1.02. The minimum absolute atomic E-state index is 0.505. The van der Waals surface area contributed by atoms with Crippen LogP contribution in [-0.4, -0.2) is 33.5 Å². The lowest BCUT2D eigenvalue weighted by atomic mass is 10.2. The summed E-state index contributed by atoms with van der Waals surface area (Å²) in [5.74, 6) is 5.34. The van der Waals surface area contributed by atoms with Crippen molar-refractivity contribution in [2.75, 3.05) is 0 Å². The molecule has 2 heterocycles. The first-order valence-corrected chi connectivity index (χ1v) is 6.78. The van der Waals surface area contributed by atoms with Gasteiger partial charge in [-0.2, -0.15) is 10.6 Å². The summed E-state index contributed by atoms with van der Waals surface area (Å²) >= 11 is 0. The lowest BCUT2D eigenvalue weighted by Crippen LogP contribution is -2.44. The number of nitrogens with zero attached hydrogens (tertiary/aromatic N) is 2. The number of carboxylic acid groups (broad SMARTS) is 1. The molecule has 0 amide bonds. The molecular weight excluding hydrogens is 298 g/mol. The largest absolute Gasteiger partial charge is 0.480 e. The second-order valence-electron chi connectivity index (χ2n) is 4.65. The zero-order valence-electron chi connectivity index (χ0n) is 11.9. The fraction of sp³-hybridized carbons (Fsp3) is 0.133. The summed E-state index contributed by atoms with van der Waals surface area (Å²) in [7, 11) is 0. The number of aliphatic carboxylic acids is 1. The van der Waals surface area contributed by atoms with E-state index in [0.717, 1.165) is 5.56 Å². The third kappa shape index (κ3) is 3.81. The molecule has 8 nitrogen and oxygen atoms in total. The fourth-order valence-corrected chi connectivity index (χ4v) is 1.94. The zero-order chi connectivity index (χ0) is 16.1. The fourth-order valence-electron chi connectivity index (χ4n) is 1.94. The maximum Gasteiger partial charge on any atom is 0.327 e. The van der Waals surface area contributed by atoms with Gasteiger partial charge in [0, 0.05) is 11.8 Å². The van der Waals surface area contributed by atoms with Gasteiger partial charge >= 0.3 is 5.97 Å². The van der Waals surface area contributed by atoms with Crippen LogP contribution in [0.1, 0.15) is 11.3 Å². The van der Waals surface area contributed by atoms with Crippen LogP contribution in [0.4, 0.5) is 0 Å². The van der Waals surface area contributed by atoms with Gasteiger partial charge in [-0.05, 0) is 36.3 Å². The molecule has 4 N–H and O–H groups in total. The van der Waals surface area contributed by atoms with Crippen molar-refractivity contribution in [2.45, 2.75) is 12.3 Å². The van der Waals surface area contributed by atoms with E-state index in [1.165, 1.54) is 0 Å². The maximum atomic E-state index is 11.1. The van der Waals surface area contributed by atoms with Gasteiger partial charge < -0.3 is 9.84 Å². The number of rotatable bonds is 3. The van der Waals surface area contributed by atoms with Crippen LogP contribution in [0.3, 0.4) is 0 Å². The number of carboxylic acids is 1. The van der Waals surface area contributed by atoms with Crippen LogP contribution in [0.2, 0.25) is 0 Å². The van der Waals surface area contributed by atoms with Crippen molar-refractivity contribution in [2.24, 2.45) is 0 Å². The Labute approximate surface area is 131 Å². The first-order chi connectivity index (χ1) is 11.2. The standard InChI is InChI=1S/C15H13N5O3/c21-15(22)13-14(19-20-18-13)23-12-5-1-3-10(9-12)6-7-11-4-2-8-16-17-11/h1-5,8-9,13-14,18-20H,(H,21,22). The van der Waals surface area contributed by atoms with Crippen molar-refractivity contribution in [1.29, 1.82) is 0 Å². The third-order valence-electron chi connectivity index (χ3n) is 3.02. The van der Waals surface area contributed by atoms with Gasteiger partial charge in [0.15, 0.2) is 12.3 Å². The van der Waals surface area contributed by atoms with Gasteiger partial charge in [0.1, 0.15) is 11.4 Å². The Morgan fingerprint density at radius 2 is 2.13 bits per heavy atom. The predicted octanol–water partition coefficient (Wildman–Crippen LogP) is -0.353. The van der Waals surface area contributed by atoms with Gasteiger partial charge in [0.25, 0.3) is 0 Å². The molecule has 1 aliphatic heterocycles. The highest BCUT2D eigenvalue weighted by Gasteiger charge is 2.34. The summed E-state index contributed by atoms with van der Waals surface area (Å²) in [5, 5.41) is 16.7. The molecule has 2 aromatic rings. The lowest BCUT2D eigenvalue weighted by molar-refractivity contribution is -0.141. The molecule has 0 radical (unpaired) electrons. The number of aromatic nitrogens is 2. The summed E-state index contributed by atoms with van der Waals surface area (Å²) < 4.78 is 5.63. The van der Waals surface area contributed by atoms with E-state index in [2.05, 4.69) is 38.4 Å². The van der Waals surface area contributed by atoms with Crippen molar-refractivity contribution >= 4 is 5.97 Å². The van der Waals surface area contributed by atoms with Crippen LogP contribution in [0.15, 0.2) is 42.6 Å². The Morgan fingerprint density at radius 3 is 2.91 bits per heavy atom. The monoisotopic (exact) mass is 311 g/mol. The Bertz CT molecular complexity index is 756. The molecule has 0 bridgehead atoms. The number of hydrogen-bond acceptors (Lipinski definition) is 7. The first-order valence-electron chi connectivity index (χ1n) is 6.78. The first kappa shape index (κ1) is 14.9. The summed E-state index contributed by atoms with van der Waals surface area (Å²) in [6.45, 7) is 0. The quantitative estimate of drug-likeness (QED) is 0.570. The molecule has 0 aliphatic carbocycles. The van der Waals surface area contributed by atoms with Gasteiger partial charge in [-0.15, -0.1) is 5.10 Å². The van der Waals surface area contributed by atoms with Gasteiger partial charge in [-0.1, -0.05) is 12.0 Å². The van der Waals surface area contributed by atoms with E-state index in [1.807, 2.05) is 6.07 Å². The number of benzene rings is 1. The van der Waals surface area contributed by atoms with Crippen molar-refractivity contribution < 1.29 is 14.6 Å². The van der Waals surface area contributed by atoms with Crippen LogP contribution in [0.25, 0.3) is 0 Å². The predicted molar refractivity (Wildman–Crippen MR) is 79.7 cm³/mol. The van der Waals surface area contributed by atoms with Gasteiger partial charge in [0.2, 0.25) is 0 Å². The summed E-state index contributed by atoms with van der Waals surface area (Å²) in [4.78, 5) is 11.1. The van der Waals surface area contributed by atoms with E-state index in [9.17, 15) is 4.79 Å². The van der Waals surface area contributed by atoms with E-state index >= 15 is 0 Å². The van der Waals surface area contributed by atoms with Crippen molar-refractivity contribution in [3.05, 3.63) is 53.9 Å². The molecule has 0 saturated carbocycles. The molecule has 8 heteroatoms. The number of hydrogen-bond donors (Lipinski definition) is 4. The average molecular weight is 311 g/mol. The molecular formula is C15H13N5O3. The highest BCUT2D eigenvalue weighted by molar-refractivity contribution is 5.74. The van der Waals surface area contributed by atoms with Gasteiger partial charge in [-0.3, -0.25) is 4.79 Å². The summed E-state index contributed by atoms with van der Waals surface area (Å²) in [5.41, 5.74) is 9.08. The molecule has 0 spiro atoms. The molecule has 1 fully saturated rings. The highest BCUT2D eigenvalue weighted by Crippen LogP contribution is 2.15. The van der Waals surface area contributed by atoms with E-state index in [-0.39, 0.29) is 0 Å². The Morgan fingerprint density at radius 1 is 1.22 bits per heavy atom. The van der Waals surface area contributed by atoms with Crippen LogP contribution >= 0.6 is 0 Å². The van der Waals surface area contributed by atoms with Crippen molar-refractivity contribution in [3.8, 4) is 17.6 Å². The molecule has 1 saturated heterocycles. The van der Waals surface area contributed by atoms with Crippen LogP contribution in [0, 0.1) is 11.8 Å². The van der Waals surface area contributed by atoms with Gasteiger partial charge in [-0.25, -0.2) is 10.9 Å². The molecule has 2 unspecified atom stereocenters. The molecule has 1 aromatic carbocycles. The highest BCUT2D eigenvalue weighted by atomic mass is 16.5. The van der Waals surface area contributed by atoms with Gasteiger partial charge in [0.05, 0.1) is 0 Å². The van der Waals surface area contributed by atoms with Crippen molar-refractivity contribution in [1.82, 2.24) is 26.6 Å². The van der Waals surface area contributed by atoms with E-state index in [4.69, 9.17) is 9.84 Å². The molecule has 2 atom stereocenters. The average Bonchev–Trinajstić information content (AvgIpc) is 3.03. The number of hydrazine groups is 2. The lowest BCUT2D eigenvalue weighted by Gasteiger charge is -2.16. The Hall–Kier alpha value is -2.99. The van der Waals surface area contributed by atoms with E-state index in [1.54, 1.807) is 36.5 Å². The summed E-state index contributed by atoms with van der Waals surface area (Å²) in [6.07, 6.45) is 0.838. The van der Waals surface area contributed by atoms with Crippen molar-refractivity contribution in [3.63, 3.8) is 0 Å². The number of nitrogens with one attached hydrogen (secondary N) is 3.